The second-order valence-electron chi connectivity index (χ2n) is 4.61. The number of anilines is 2. The van der Waals surface area contributed by atoms with Crippen LogP contribution < -0.4 is 10.6 Å². The number of aromatic nitrogens is 2. The number of hydrogen-bond donors (Lipinski definition) is 2. The van der Waals surface area contributed by atoms with Crippen LogP contribution in [0.1, 0.15) is 18.2 Å². The quantitative estimate of drug-likeness (QED) is 0.901. The van der Waals surface area contributed by atoms with Gasteiger partial charge in [-0.3, -0.25) is 9.48 Å². The van der Waals surface area contributed by atoms with Crippen molar-refractivity contribution in [2.24, 2.45) is 7.05 Å². The fraction of sp³-hybridized carbons (Fsp3) is 0.286. The van der Waals surface area contributed by atoms with Crippen molar-refractivity contribution >= 4 is 17.3 Å². The molecule has 6 heteroatoms. The SMILES string of the molecule is CC(=O)Nc1cc(NCc2cnn(C)c2C)ccc1F. The number of amides is 1. The number of aryl methyl sites for hydroxylation is 1. The molecule has 0 aliphatic carbocycles. The lowest BCUT2D eigenvalue weighted by atomic mass is 10.2. The average molecular weight is 276 g/mol. The Morgan fingerprint density at radius 2 is 2.20 bits per heavy atom. The zero-order valence-corrected chi connectivity index (χ0v) is 11.7. The summed E-state index contributed by atoms with van der Waals surface area (Å²) in [7, 11) is 1.88. The van der Waals surface area contributed by atoms with E-state index in [1.165, 1.54) is 13.0 Å². The van der Waals surface area contributed by atoms with Crippen LogP contribution in [0.3, 0.4) is 0 Å². The van der Waals surface area contributed by atoms with Gasteiger partial charge in [-0.1, -0.05) is 0 Å². The Labute approximate surface area is 116 Å². The third kappa shape index (κ3) is 3.14. The van der Waals surface area contributed by atoms with E-state index in [0.29, 0.717) is 6.54 Å². The van der Waals surface area contributed by atoms with Crippen LogP contribution in [0.4, 0.5) is 15.8 Å². The maximum Gasteiger partial charge on any atom is 0.221 e. The van der Waals surface area contributed by atoms with E-state index in [0.717, 1.165) is 16.9 Å². The van der Waals surface area contributed by atoms with Crippen molar-refractivity contribution < 1.29 is 9.18 Å². The molecule has 0 saturated heterocycles. The smallest absolute Gasteiger partial charge is 0.221 e. The van der Waals surface area contributed by atoms with Gasteiger partial charge in [-0.25, -0.2) is 4.39 Å². The molecule has 5 nitrogen and oxygen atoms in total. The molecule has 0 bridgehead atoms. The van der Waals surface area contributed by atoms with Gasteiger partial charge < -0.3 is 10.6 Å². The highest BCUT2D eigenvalue weighted by molar-refractivity contribution is 5.89. The van der Waals surface area contributed by atoms with Gasteiger partial charge in [-0.15, -0.1) is 0 Å². The van der Waals surface area contributed by atoms with Crippen molar-refractivity contribution in [2.45, 2.75) is 20.4 Å². The van der Waals surface area contributed by atoms with Crippen LogP contribution in [0.5, 0.6) is 0 Å². The number of benzene rings is 1. The van der Waals surface area contributed by atoms with Gasteiger partial charge in [0.15, 0.2) is 0 Å². The van der Waals surface area contributed by atoms with Crippen LogP contribution >= 0.6 is 0 Å². The first-order valence-electron chi connectivity index (χ1n) is 6.26. The van der Waals surface area contributed by atoms with Crippen LogP contribution in [-0.2, 0) is 18.4 Å². The first-order chi connectivity index (χ1) is 9.47. The normalized spacial score (nSPS) is 10.4. The van der Waals surface area contributed by atoms with Crippen molar-refractivity contribution in [3.05, 3.63) is 41.5 Å². The summed E-state index contributed by atoms with van der Waals surface area (Å²) < 4.78 is 15.3. The van der Waals surface area contributed by atoms with Crippen LogP contribution in [0, 0.1) is 12.7 Å². The van der Waals surface area contributed by atoms with E-state index in [1.54, 1.807) is 23.0 Å². The number of halogens is 1. The zero-order valence-electron chi connectivity index (χ0n) is 11.7. The second kappa shape index (κ2) is 5.73. The molecule has 1 aromatic carbocycles. The van der Waals surface area contributed by atoms with E-state index in [-0.39, 0.29) is 11.6 Å². The third-order valence-corrected chi connectivity index (χ3v) is 3.10. The highest BCUT2D eigenvalue weighted by atomic mass is 19.1. The lowest BCUT2D eigenvalue weighted by Crippen LogP contribution is -2.08. The first-order valence-corrected chi connectivity index (χ1v) is 6.26. The molecular weight excluding hydrogens is 259 g/mol. The van der Waals surface area contributed by atoms with Gasteiger partial charge in [0.1, 0.15) is 5.82 Å². The highest BCUT2D eigenvalue weighted by Gasteiger charge is 2.07. The Balaban J connectivity index is 2.10. The molecule has 0 spiro atoms. The number of hydrogen-bond acceptors (Lipinski definition) is 3. The van der Waals surface area contributed by atoms with Crippen molar-refractivity contribution in [1.82, 2.24) is 9.78 Å². The van der Waals surface area contributed by atoms with Gasteiger partial charge >= 0.3 is 0 Å². The second-order valence-corrected chi connectivity index (χ2v) is 4.61. The van der Waals surface area contributed by atoms with Gasteiger partial charge in [0.05, 0.1) is 11.9 Å². The first kappa shape index (κ1) is 14.0. The van der Waals surface area contributed by atoms with Gasteiger partial charge in [-0.05, 0) is 25.1 Å². The van der Waals surface area contributed by atoms with Crippen LogP contribution in [0.25, 0.3) is 0 Å². The summed E-state index contributed by atoms with van der Waals surface area (Å²) in [6.45, 7) is 3.92. The Hall–Kier alpha value is -2.37. The van der Waals surface area contributed by atoms with Crippen molar-refractivity contribution in [2.75, 3.05) is 10.6 Å². The van der Waals surface area contributed by atoms with E-state index in [2.05, 4.69) is 15.7 Å². The molecule has 1 heterocycles. The summed E-state index contributed by atoms with van der Waals surface area (Å²) in [6, 6.07) is 4.53. The number of rotatable bonds is 4. The minimum atomic E-state index is -0.455. The van der Waals surface area contributed by atoms with Crippen molar-refractivity contribution in [3.8, 4) is 0 Å². The average Bonchev–Trinajstić information content (AvgIpc) is 2.70. The maximum atomic E-state index is 13.5. The predicted octanol–water partition coefficient (Wildman–Crippen LogP) is 2.44. The third-order valence-electron chi connectivity index (χ3n) is 3.10. The predicted molar refractivity (Wildman–Crippen MR) is 76.0 cm³/mol. The molecule has 1 amide bonds. The van der Waals surface area contributed by atoms with E-state index in [1.807, 2.05) is 14.0 Å². The fourth-order valence-corrected chi connectivity index (χ4v) is 1.84. The molecular formula is C14H17FN4O. The molecule has 20 heavy (non-hydrogen) atoms. The Kier molecular flexibility index (Phi) is 4.02. The van der Waals surface area contributed by atoms with E-state index in [4.69, 9.17) is 0 Å². The number of nitrogens with zero attached hydrogens (tertiary/aromatic N) is 2. The maximum absolute atomic E-state index is 13.5. The standard InChI is InChI=1S/C14H17FN4O/c1-9-11(8-17-19(9)3)7-16-12-4-5-13(15)14(6-12)18-10(2)20/h4-6,8,16H,7H2,1-3H3,(H,18,20). The largest absolute Gasteiger partial charge is 0.381 e. The highest BCUT2D eigenvalue weighted by Crippen LogP contribution is 2.20. The van der Waals surface area contributed by atoms with E-state index >= 15 is 0 Å². The molecule has 2 N–H and O–H groups in total. The summed E-state index contributed by atoms with van der Waals surface area (Å²) in [5.41, 5.74) is 3.04. The zero-order chi connectivity index (χ0) is 14.7. The van der Waals surface area contributed by atoms with E-state index in [9.17, 15) is 9.18 Å². The number of carbonyl (C=O) groups is 1. The minimum absolute atomic E-state index is 0.172. The molecule has 0 aliphatic rings. The molecule has 0 fully saturated rings. The molecule has 0 aliphatic heterocycles. The topological polar surface area (TPSA) is 59.0 Å². The van der Waals surface area contributed by atoms with Crippen LogP contribution in [-0.4, -0.2) is 15.7 Å². The molecule has 0 radical (unpaired) electrons. The summed E-state index contributed by atoms with van der Waals surface area (Å²) in [5.74, 6) is -0.757. The van der Waals surface area contributed by atoms with Gasteiger partial charge in [-0.2, -0.15) is 5.10 Å². The number of nitrogens with one attached hydrogen (secondary N) is 2. The van der Waals surface area contributed by atoms with Gasteiger partial charge in [0.2, 0.25) is 5.91 Å². The molecule has 2 rings (SSSR count). The Morgan fingerprint density at radius 3 is 2.80 bits per heavy atom. The summed E-state index contributed by atoms with van der Waals surface area (Å²) in [4.78, 5) is 11.0. The van der Waals surface area contributed by atoms with Gasteiger partial charge in [0, 0.05) is 37.5 Å². The molecule has 0 unspecified atom stereocenters. The summed E-state index contributed by atoms with van der Waals surface area (Å²) in [5, 5.41) is 9.80. The molecule has 106 valence electrons. The van der Waals surface area contributed by atoms with Crippen LogP contribution in [0.15, 0.2) is 24.4 Å². The lowest BCUT2D eigenvalue weighted by molar-refractivity contribution is -0.114. The number of carbonyl (C=O) groups excluding carboxylic acids is 1. The Bertz CT molecular complexity index is 636. The Morgan fingerprint density at radius 1 is 1.45 bits per heavy atom. The molecule has 2 aromatic rings. The van der Waals surface area contributed by atoms with Crippen molar-refractivity contribution in [1.29, 1.82) is 0 Å². The lowest BCUT2D eigenvalue weighted by Gasteiger charge is -2.09. The van der Waals surface area contributed by atoms with Gasteiger partial charge in [0.25, 0.3) is 0 Å². The van der Waals surface area contributed by atoms with Crippen LogP contribution in [0.2, 0.25) is 0 Å². The fourth-order valence-electron chi connectivity index (χ4n) is 1.84. The molecule has 1 aromatic heterocycles. The molecule has 0 saturated carbocycles. The minimum Gasteiger partial charge on any atom is -0.381 e. The molecule has 0 atom stereocenters. The monoisotopic (exact) mass is 276 g/mol. The van der Waals surface area contributed by atoms with Crippen molar-refractivity contribution in [3.63, 3.8) is 0 Å². The summed E-state index contributed by atoms with van der Waals surface area (Å²) >= 11 is 0. The summed E-state index contributed by atoms with van der Waals surface area (Å²) in [6.07, 6.45) is 1.79. The van der Waals surface area contributed by atoms with E-state index < -0.39 is 5.82 Å².